The van der Waals surface area contributed by atoms with Crippen molar-refractivity contribution in [2.24, 2.45) is 0 Å². The maximum Gasteiger partial charge on any atom is 0.262 e. The van der Waals surface area contributed by atoms with Crippen molar-refractivity contribution >= 4 is 23.1 Å². The highest BCUT2D eigenvalue weighted by Gasteiger charge is 2.45. The van der Waals surface area contributed by atoms with Crippen molar-refractivity contribution < 1.29 is 13.6 Å². The van der Waals surface area contributed by atoms with Gasteiger partial charge in [0, 0.05) is 23.3 Å². The van der Waals surface area contributed by atoms with Gasteiger partial charge in [0.05, 0.1) is 5.69 Å². The van der Waals surface area contributed by atoms with Crippen molar-refractivity contribution in [1.82, 2.24) is 10.3 Å². The predicted molar refractivity (Wildman–Crippen MR) is 88.5 cm³/mol. The van der Waals surface area contributed by atoms with Crippen LogP contribution in [0.5, 0.6) is 0 Å². The lowest BCUT2D eigenvalue weighted by Crippen LogP contribution is -2.43. The molecule has 0 spiro atoms. The Balaban J connectivity index is 1.82. The average Bonchev–Trinajstić information content (AvgIpc) is 2.57. The fourth-order valence-corrected chi connectivity index (χ4v) is 3.03. The highest BCUT2D eigenvalue weighted by Crippen LogP contribution is 2.42. The molecule has 1 N–H and O–H groups in total. The molecule has 3 rings (SSSR count). The van der Waals surface area contributed by atoms with Gasteiger partial charge < -0.3 is 5.32 Å². The van der Waals surface area contributed by atoms with E-state index in [1.807, 2.05) is 0 Å². The molecular formula is C18H15ClF2N2O. The first-order valence-electron chi connectivity index (χ1n) is 7.46. The minimum atomic E-state index is -2.17. The van der Waals surface area contributed by atoms with E-state index in [4.69, 9.17) is 11.6 Å². The molecule has 0 unspecified atom stereocenters. The number of hydrogen-bond donors (Lipinski definition) is 1. The summed E-state index contributed by atoms with van der Waals surface area (Å²) in [5, 5.41) is 2.73. The number of nitrogens with zero attached hydrogens (tertiary/aromatic N) is 1. The van der Waals surface area contributed by atoms with Gasteiger partial charge in [-0.1, -0.05) is 30.3 Å². The molecular weight excluding hydrogens is 334 g/mol. The molecule has 3 nitrogen and oxygen atoms in total. The predicted octanol–water partition coefficient (Wildman–Crippen LogP) is 4.16. The summed E-state index contributed by atoms with van der Waals surface area (Å²) < 4.78 is 28.5. The Labute approximate surface area is 143 Å². The van der Waals surface area contributed by atoms with Gasteiger partial charge in [0.15, 0.2) is 0 Å². The van der Waals surface area contributed by atoms with E-state index in [9.17, 15) is 9.18 Å². The molecule has 24 heavy (non-hydrogen) atoms. The van der Waals surface area contributed by atoms with Crippen LogP contribution >= 0.6 is 11.6 Å². The smallest absolute Gasteiger partial charge is 0.262 e. The lowest BCUT2D eigenvalue weighted by molar-refractivity contribution is -0.134. The highest BCUT2D eigenvalue weighted by molar-refractivity contribution is 6.31. The standard InChI is InChI=1S/C18H15ClF2N2O/c1-11-6-7-18(21,14-3-2-8-22-16(11)14)17(24)23-10-12-4-5-13(20)9-15(12)19/h2-5,8-9H,1,6-7,10H2,(H,23,24)/t18-/m0/s1. The molecule has 0 aliphatic heterocycles. The van der Waals surface area contributed by atoms with Crippen LogP contribution < -0.4 is 5.32 Å². The van der Waals surface area contributed by atoms with Crippen molar-refractivity contribution in [1.29, 1.82) is 0 Å². The Morgan fingerprint density at radius 2 is 2.21 bits per heavy atom. The molecule has 6 heteroatoms. The lowest BCUT2D eigenvalue weighted by Gasteiger charge is -2.31. The van der Waals surface area contributed by atoms with E-state index in [0.717, 1.165) is 6.07 Å². The number of carbonyl (C=O) groups excluding carboxylic acids is 1. The number of benzene rings is 1. The average molecular weight is 349 g/mol. The molecule has 1 amide bonds. The largest absolute Gasteiger partial charge is 0.349 e. The van der Waals surface area contributed by atoms with E-state index in [1.54, 1.807) is 18.3 Å². The molecule has 0 saturated carbocycles. The number of pyridine rings is 1. The minimum absolute atomic E-state index is 0.00745. The van der Waals surface area contributed by atoms with Gasteiger partial charge in [0.1, 0.15) is 5.82 Å². The van der Waals surface area contributed by atoms with E-state index in [0.29, 0.717) is 23.3 Å². The number of alkyl halides is 1. The lowest BCUT2D eigenvalue weighted by atomic mass is 9.80. The van der Waals surface area contributed by atoms with Crippen LogP contribution in [0.1, 0.15) is 29.7 Å². The van der Waals surface area contributed by atoms with Crippen LogP contribution in [0, 0.1) is 5.82 Å². The van der Waals surface area contributed by atoms with Crippen LogP contribution in [0.2, 0.25) is 5.02 Å². The first-order valence-corrected chi connectivity index (χ1v) is 7.84. The number of nitrogens with one attached hydrogen (secondary N) is 1. The van der Waals surface area contributed by atoms with E-state index in [1.165, 1.54) is 12.1 Å². The molecule has 124 valence electrons. The van der Waals surface area contributed by atoms with Crippen molar-refractivity contribution in [3.63, 3.8) is 0 Å². The van der Waals surface area contributed by atoms with E-state index in [-0.39, 0.29) is 23.6 Å². The zero-order valence-electron chi connectivity index (χ0n) is 12.8. The van der Waals surface area contributed by atoms with Crippen LogP contribution in [0.25, 0.3) is 5.57 Å². The molecule has 0 saturated heterocycles. The minimum Gasteiger partial charge on any atom is -0.349 e. The highest BCUT2D eigenvalue weighted by atomic mass is 35.5. The van der Waals surface area contributed by atoms with Crippen molar-refractivity contribution in [3.8, 4) is 0 Å². The fourth-order valence-electron chi connectivity index (χ4n) is 2.80. The molecule has 1 aromatic carbocycles. The number of allylic oxidation sites excluding steroid dienone is 1. The maximum absolute atomic E-state index is 15.4. The Morgan fingerprint density at radius 1 is 1.42 bits per heavy atom. The molecule has 1 heterocycles. The quantitative estimate of drug-likeness (QED) is 0.904. The summed E-state index contributed by atoms with van der Waals surface area (Å²) in [5.41, 5.74) is -0.280. The van der Waals surface area contributed by atoms with Crippen molar-refractivity contribution in [3.05, 3.63) is 70.8 Å². The van der Waals surface area contributed by atoms with Gasteiger partial charge in [-0.25, -0.2) is 8.78 Å². The third-order valence-corrected chi connectivity index (χ3v) is 4.51. The summed E-state index contributed by atoms with van der Waals surface area (Å²) in [7, 11) is 0. The Kier molecular flexibility index (Phi) is 4.37. The second-order valence-corrected chi connectivity index (χ2v) is 6.13. The normalized spacial score (nSPS) is 19.7. The van der Waals surface area contributed by atoms with Crippen LogP contribution in [-0.4, -0.2) is 10.9 Å². The molecule has 1 aliphatic rings. The molecule has 0 bridgehead atoms. The summed E-state index contributed by atoms with van der Waals surface area (Å²) in [6, 6.07) is 6.99. The number of rotatable bonds is 3. The second-order valence-electron chi connectivity index (χ2n) is 5.72. The summed E-state index contributed by atoms with van der Waals surface area (Å²) in [6.45, 7) is 3.89. The van der Waals surface area contributed by atoms with Crippen LogP contribution in [-0.2, 0) is 17.0 Å². The summed E-state index contributed by atoms with van der Waals surface area (Å²) in [5.74, 6) is -1.23. The number of halogens is 3. The SMILES string of the molecule is C=C1CC[C@@](F)(C(=O)NCc2ccc(F)cc2Cl)c2cccnc21. The van der Waals surface area contributed by atoms with Gasteiger partial charge >= 0.3 is 0 Å². The van der Waals surface area contributed by atoms with Gasteiger partial charge in [-0.05, 0) is 42.2 Å². The first-order chi connectivity index (χ1) is 11.4. The molecule has 1 aromatic heterocycles. The monoisotopic (exact) mass is 348 g/mol. The van der Waals surface area contributed by atoms with Gasteiger partial charge in [0.25, 0.3) is 5.91 Å². The number of fused-ring (bicyclic) bond motifs is 1. The zero-order chi connectivity index (χ0) is 17.3. The fraction of sp³-hybridized carbons (Fsp3) is 0.222. The van der Waals surface area contributed by atoms with Crippen molar-refractivity contribution in [2.45, 2.75) is 25.1 Å². The Hall–Kier alpha value is -2.27. The Morgan fingerprint density at radius 3 is 2.96 bits per heavy atom. The summed E-state index contributed by atoms with van der Waals surface area (Å²) in [6.07, 6.45) is 1.91. The number of carbonyl (C=O) groups is 1. The van der Waals surface area contributed by atoms with Crippen LogP contribution in [0.4, 0.5) is 8.78 Å². The van der Waals surface area contributed by atoms with E-state index in [2.05, 4.69) is 16.9 Å². The molecule has 1 aliphatic carbocycles. The van der Waals surface area contributed by atoms with Crippen LogP contribution in [0.15, 0.2) is 43.1 Å². The van der Waals surface area contributed by atoms with E-state index < -0.39 is 17.4 Å². The summed E-state index contributed by atoms with van der Waals surface area (Å²) in [4.78, 5) is 16.6. The topological polar surface area (TPSA) is 42.0 Å². The van der Waals surface area contributed by atoms with Crippen LogP contribution in [0.3, 0.4) is 0 Å². The van der Waals surface area contributed by atoms with Gasteiger partial charge in [-0.2, -0.15) is 0 Å². The first kappa shape index (κ1) is 16.6. The summed E-state index contributed by atoms with van der Waals surface area (Å²) >= 11 is 5.93. The van der Waals surface area contributed by atoms with Gasteiger partial charge in [0.2, 0.25) is 5.67 Å². The zero-order valence-corrected chi connectivity index (χ0v) is 13.5. The molecule has 2 aromatic rings. The van der Waals surface area contributed by atoms with E-state index >= 15 is 4.39 Å². The maximum atomic E-state index is 15.4. The van der Waals surface area contributed by atoms with Gasteiger partial charge in [-0.3, -0.25) is 9.78 Å². The second kappa shape index (κ2) is 6.32. The number of hydrogen-bond acceptors (Lipinski definition) is 2. The Bertz CT molecular complexity index is 824. The number of aromatic nitrogens is 1. The van der Waals surface area contributed by atoms with Gasteiger partial charge in [-0.15, -0.1) is 0 Å². The molecule has 0 fully saturated rings. The third-order valence-electron chi connectivity index (χ3n) is 4.16. The molecule has 0 radical (unpaired) electrons. The number of amides is 1. The van der Waals surface area contributed by atoms with Crippen molar-refractivity contribution in [2.75, 3.05) is 0 Å². The third kappa shape index (κ3) is 2.91. The molecule has 1 atom stereocenters.